The van der Waals surface area contributed by atoms with Crippen LogP contribution in [0.2, 0.25) is 0 Å². The van der Waals surface area contributed by atoms with Crippen LogP contribution in [-0.4, -0.2) is 21.5 Å². The number of hydrogen-bond acceptors (Lipinski definition) is 5. The van der Waals surface area contributed by atoms with E-state index in [-0.39, 0.29) is 12.2 Å². The normalized spacial score (nSPS) is 12.2. The van der Waals surface area contributed by atoms with Gasteiger partial charge in [-0.2, -0.15) is 18.2 Å². The minimum Gasteiger partial charge on any atom is -0.382 e. The van der Waals surface area contributed by atoms with E-state index in [0.29, 0.717) is 24.3 Å². The summed E-state index contributed by atoms with van der Waals surface area (Å²) in [4.78, 5) is 16.7. The van der Waals surface area contributed by atoms with E-state index in [1.54, 1.807) is 0 Å². The monoisotopic (exact) mass is 365 g/mol. The highest BCUT2D eigenvalue weighted by Gasteiger charge is 2.26. The molecule has 0 spiro atoms. The Labute approximate surface area is 140 Å². The number of nitrogen functional groups attached to an aromatic ring is 1. The molecule has 0 saturated carbocycles. The Morgan fingerprint density at radius 3 is 2.61 bits per heavy atom. The Morgan fingerprint density at radius 2 is 1.96 bits per heavy atom. The van der Waals surface area contributed by atoms with Crippen molar-refractivity contribution >= 4 is 28.9 Å². The second kappa shape index (κ2) is 7.12. The molecule has 2 N–H and O–H groups in total. The average Bonchev–Trinajstić information content (AvgIpc) is 2.73. The Morgan fingerprint density at radius 1 is 1.26 bits per heavy atom. The molecule has 0 aromatic carbocycles. The van der Waals surface area contributed by atoms with Crippen LogP contribution < -0.4 is 11.4 Å². The zero-order valence-corrected chi connectivity index (χ0v) is 14.5. The average molecular weight is 365 g/mol. The number of halogens is 3. The number of nitrogens with zero attached hydrogens (tertiary/aromatic N) is 2. The van der Waals surface area contributed by atoms with E-state index < -0.39 is 18.3 Å². The predicted octanol–water partition coefficient (Wildman–Crippen LogP) is 4.15. The first-order valence-electron chi connectivity index (χ1n) is 7.18. The molecule has 2 rings (SSSR count). The minimum atomic E-state index is -4.08. The van der Waals surface area contributed by atoms with Crippen molar-refractivity contribution in [1.29, 1.82) is 0 Å². The summed E-state index contributed by atoms with van der Waals surface area (Å²) < 4.78 is 38.6. The Balaban J connectivity index is 2.01. The summed E-state index contributed by atoms with van der Waals surface area (Å²) >= 11 is 3.05. The van der Waals surface area contributed by atoms with Gasteiger partial charge in [0.05, 0.1) is 4.21 Å². The molecule has 9 heteroatoms. The molecule has 4 nitrogen and oxygen atoms in total. The number of rotatable bonds is 6. The highest BCUT2D eigenvalue weighted by atomic mass is 32.2. The molecule has 2 aliphatic rings. The van der Waals surface area contributed by atoms with Crippen molar-refractivity contribution in [3.8, 4) is 5.69 Å². The second-order valence-corrected chi connectivity index (χ2v) is 7.86. The first kappa shape index (κ1) is 18.1. The van der Waals surface area contributed by atoms with Crippen molar-refractivity contribution < 1.29 is 13.2 Å². The fraction of sp³-hybridized carbons (Fsp3) is 0.571. The lowest BCUT2D eigenvalue weighted by Gasteiger charge is -2.14. The predicted molar refractivity (Wildman–Crippen MR) is 88.0 cm³/mol. The van der Waals surface area contributed by atoms with Gasteiger partial charge in [-0.05, 0) is 32.4 Å². The number of hydrogen-bond donors (Lipinski definition) is 1. The van der Waals surface area contributed by atoms with Gasteiger partial charge >= 0.3 is 11.9 Å². The highest BCUT2D eigenvalue weighted by molar-refractivity contribution is 8.01. The van der Waals surface area contributed by atoms with Crippen molar-refractivity contribution in [3.05, 3.63) is 21.1 Å². The summed E-state index contributed by atoms with van der Waals surface area (Å²) in [6, 6.07) is 0. The molecule has 2 heterocycles. The van der Waals surface area contributed by atoms with Crippen LogP contribution in [0.15, 0.2) is 9.00 Å². The number of aromatic nitrogens is 2. The largest absolute Gasteiger partial charge is 0.389 e. The van der Waals surface area contributed by atoms with Gasteiger partial charge in [-0.15, -0.1) is 23.1 Å². The molecule has 0 aromatic heterocycles. The summed E-state index contributed by atoms with van der Waals surface area (Å²) in [6.45, 7) is 3.76. The van der Waals surface area contributed by atoms with Crippen LogP contribution >= 0.6 is 23.1 Å². The molecule has 128 valence electrons. The highest BCUT2D eigenvalue weighted by Crippen LogP contribution is 2.37. The molecule has 23 heavy (non-hydrogen) atoms. The third kappa shape index (κ3) is 4.41. The molecule has 0 bridgehead atoms. The maximum Gasteiger partial charge on any atom is 0.389 e. The zero-order chi connectivity index (χ0) is 17.2. The van der Waals surface area contributed by atoms with Crippen LogP contribution in [0.4, 0.5) is 19.0 Å². The first-order valence-corrected chi connectivity index (χ1v) is 8.98. The van der Waals surface area contributed by atoms with Crippen LogP contribution in [0.1, 0.15) is 36.3 Å². The van der Waals surface area contributed by atoms with Crippen LogP contribution in [0.25, 0.3) is 5.69 Å². The SMILES string of the molecule is Cc1sc(SCCCCCC(F)(F)F)c2c(N)nc(=O)n-2c1C. The van der Waals surface area contributed by atoms with Gasteiger partial charge in [-0.25, -0.2) is 4.79 Å². The van der Waals surface area contributed by atoms with E-state index in [1.807, 2.05) is 13.8 Å². The van der Waals surface area contributed by atoms with E-state index >= 15 is 0 Å². The molecule has 0 fully saturated rings. The molecule has 2 aliphatic heterocycles. The Bertz CT molecular complexity index is 709. The summed E-state index contributed by atoms with van der Waals surface area (Å²) in [5, 5.41) is 0. The second-order valence-electron chi connectivity index (χ2n) is 5.27. The lowest BCUT2D eigenvalue weighted by atomic mass is 10.2. The van der Waals surface area contributed by atoms with E-state index in [4.69, 9.17) is 5.73 Å². The summed E-state index contributed by atoms with van der Waals surface area (Å²) in [5.41, 5.74) is 6.87. The maximum atomic E-state index is 12.1. The van der Waals surface area contributed by atoms with E-state index in [9.17, 15) is 18.0 Å². The Kier molecular flexibility index (Phi) is 5.61. The van der Waals surface area contributed by atoms with Crippen molar-refractivity contribution in [2.75, 3.05) is 11.5 Å². The maximum absolute atomic E-state index is 12.1. The lowest BCUT2D eigenvalue weighted by Crippen LogP contribution is -2.17. The van der Waals surface area contributed by atoms with Crippen LogP contribution in [0.3, 0.4) is 0 Å². The first-order chi connectivity index (χ1) is 10.7. The molecule has 0 amide bonds. The summed E-state index contributed by atoms with van der Waals surface area (Å²) in [5.74, 6) is 0.889. The molecule has 0 aliphatic carbocycles. The number of thioether (sulfide) groups is 1. The zero-order valence-electron chi connectivity index (χ0n) is 12.9. The Hall–Kier alpha value is -1.22. The molecule has 0 aromatic rings. The molecule has 0 atom stereocenters. The quantitative estimate of drug-likeness (QED) is 0.617. The molecule has 0 saturated heterocycles. The van der Waals surface area contributed by atoms with Gasteiger partial charge in [0, 0.05) is 17.0 Å². The van der Waals surface area contributed by atoms with Crippen LogP contribution in [0.5, 0.6) is 0 Å². The van der Waals surface area contributed by atoms with Crippen molar-refractivity contribution in [2.24, 2.45) is 0 Å². The fourth-order valence-corrected chi connectivity index (χ4v) is 4.75. The number of alkyl halides is 3. The fourth-order valence-electron chi connectivity index (χ4n) is 2.21. The topological polar surface area (TPSA) is 60.9 Å². The van der Waals surface area contributed by atoms with E-state index in [0.717, 1.165) is 14.8 Å². The van der Waals surface area contributed by atoms with Crippen LogP contribution in [-0.2, 0) is 0 Å². The third-order valence-electron chi connectivity index (χ3n) is 3.50. The van der Waals surface area contributed by atoms with Crippen LogP contribution in [0, 0.1) is 13.8 Å². The number of fused-ring (bicyclic) bond motifs is 1. The van der Waals surface area contributed by atoms with Crippen molar-refractivity contribution in [1.82, 2.24) is 9.55 Å². The molecule has 0 unspecified atom stereocenters. The van der Waals surface area contributed by atoms with Crippen molar-refractivity contribution in [3.63, 3.8) is 0 Å². The van der Waals surface area contributed by atoms with Gasteiger partial charge in [0.2, 0.25) is 0 Å². The standard InChI is InChI=1S/C14H18F3N3OS2/c1-8-9(2)23-12(10-11(18)19-13(21)20(8)10)22-7-5-3-4-6-14(15,16)17/h3-7H2,1-2H3,(H2,18,19,21). The van der Waals surface area contributed by atoms with E-state index in [2.05, 4.69) is 4.98 Å². The molecule has 0 radical (unpaired) electrons. The van der Waals surface area contributed by atoms with Crippen molar-refractivity contribution in [2.45, 2.75) is 49.9 Å². The van der Waals surface area contributed by atoms with Gasteiger partial charge < -0.3 is 5.73 Å². The number of imidazole rings is 1. The van der Waals surface area contributed by atoms with Gasteiger partial charge in [0.15, 0.2) is 5.82 Å². The van der Waals surface area contributed by atoms with Gasteiger partial charge in [-0.1, -0.05) is 6.42 Å². The van der Waals surface area contributed by atoms with E-state index in [1.165, 1.54) is 27.7 Å². The lowest BCUT2D eigenvalue weighted by molar-refractivity contribution is -0.135. The third-order valence-corrected chi connectivity index (χ3v) is 6.03. The van der Waals surface area contributed by atoms with Gasteiger partial charge in [-0.3, -0.25) is 4.57 Å². The molecular weight excluding hydrogens is 347 g/mol. The number of anilines is 1. The van der Waals surface area contributed by atoms with Gasteiger partial charge in [0.1, 0.15) is 5.69 Å². The smallest absolute Gasteiger partial charge is 0.382 e. The van der Waals surface area contributed by atoms with Gasteiger partial charge in [0.25, 0.3) is 0 Å². The summed E-state index contributed by atoms with van der Waals surface area (Å²) in [6.07, 6.45) is -3.45. The summed E-state index contributed by atoms with van der Waals surface area (Å²) in [7, 11) is 0. The molecular formula is C14H18F3N3OS2. The number of nitrogens with two attached hydrogens (primary N) is 1. The number of unbranched alkanes of at least 4 members (excludes halogenated alkanes) is 2. The number of aryl methyl sites for hydroxylation is 1. The minimum absolute atomic E-state index is 0.148.